The van der Waals surface area contributed by atoms with E-state index < -0.39 is 0 Å². The summed E-state index contributed by atoms with van der Waals surface area (Å²) in [6.07, 6.45) is 6.85. The van der Waals surface area contributed by atoms with E-state index in [4.69, 9.17) is 4.98 Å². The van der Waals surface area contributed by atoms with Crippen LogP contribution in [-0.2, 0) is 9.59 Å². The van der Waals surface area contributed by atoms with Crippen LogP contribution in [-0.4, -0.2) is 57.8 Å². The van der Waals surface area contributed by atoms with Crippen LogP contribution < -0.4 is 0 Å². The number of para-hydroxylation sites is 2. The predicted molar refractivity (Wildman–Crippen MR) is 129 cm³/mol. The number of aromatic nitrogens is 2. The Morgan fingerprint density at radius 1 is 0.848 bits per heavy atom. The van der Waals surface area contributed by atoms with Crippen molar-refractivity contribution in [2.75, 3.05) is 26.2 Å². The Morgan fingerprint density at radius 3 is 2.24 bits per heavy atom. The SMILES string of the molecule is O=C(/C=C/c1ccccc1)N1CCC(C(=O)N2CCC(c3nc4ccccc4[nH]3)CC2)CC1. The lowest BCUT2D eigenvalue weighted by atomic mass is 9.91. The molecular weight excluding hydrogens is 412 g/mol. The van der Waals surface area contributed by atoms with E-state index in [-0.39, 0.29) is 17.7 Å². The fraction of sp³-hybridized carbons (Fsp3) is 0.370. The molecule has 2 aromatic carbocycles. The summed E-state index contributed by atoms with van der Waals surface area (Å²) in [6.45, 7) is 2.84. The first-order valence-electron chi connectivity index (χ1n) is 11.9. The van der Waals surface area contributed by atoms with Crippen molar-refractivity contribution in [2.45, 2.75) is 31.6 Å². The second-order valence-electron chi connectivity index (χ2n) is 9.08. The number of H-pyrrole nitrogens is 1. The highest BCUT2D eigenvalue weighted by atomic mass is 16.2. The van der Waals surface area contributed by atoms with Gasteiger partial charge in [-0.05, 0) is 49.5 Å². The zero-order valence-corrected chi connectivity index (χ0v) is 18.8. The van der Waals surface area contributed by atoms with Crippen LogP contribution in [0.1, 0.15) is 43.0 Å². The molecule has 170 valence electrons. The predicted octanol–water partition coefficient (Wildman–Crippen LogP) is 4.22. The van der Waals surface area contributed by atoms with Gasteiger partial charge in [-0.3, -0.25) is 9.59 Å². The van der Waals surface area contributed by atoms with Crippen molar-refractivity contribution >= 4 is 28.9 Å². The lowest BCUT2D eigenvalue weighted by molar-refractivity contribution is -0.140. The van der Waals surface area contributed by atoms with Gasteiger partial charge < -0.3 is 14.8 Å². The second kappa shape index (κ2) is 9.61. The Balaban J connectivity index is 1.10. The third-order valence-electron chi connectivity index (χ3n) is 6.97. The first-order valence-corrected chi connectivity index (χ1v) is 11.9. The van der Waals surface area contributed by atoms with Crippen LogP contribution >= 0.6 is 0 Å². The molecule has 2 amide bonds. The number of amides is 2. The quantitative estimate of drug-likeness (QED) is 0.615. The summed E-state index contributed by atoms with van der Waals surface area (Å²) in [4.78, 5) is 37.7. The summed E-state index contributed by atoms with van der Waals surface area (Å²) in [5.74, 6) is 1.72. The van der Waals surface area contributed by atoms with Gasteiger partial charge in [-0.25, -0.2) is 4.98 Å². The van der Waals surface area contributed by atoms with Gasteiger partial charge in [0, 0.05) is 44.1 Å². The maximum Gasteiger partial charge on any atom is 0.246 e. The molecule has 0 aliphatic carbocycles. The minimum Gasteiger partial charge on any atom is -0.342 e. The number of nitrogens with one attached hydrogen (secondary N) is 1. The molecule has 2 fully saturated rings. The fourth-order valence-electron chi connectivity index (χ4n) is 4.98. The van der Waals surface area contributed by atoms with Crippen molar-refractivity contribution < 1.29 is 9.59 Å². The van der Waals surface area contributed by atoms with Gasteiger partial charge in [0.2, 0.25) is 11.8 Å². The van der Waals surface area contributed by atoms with Gasteiger partial charge in [0.05, 0.1) is 11.0 Å². The Bertz CT molecular complexity index is 1100. The van der Waals surface area contributed by atoms with E-state index in [9.17, 15) is 9.59 Å². The molecule has 0 bridgehead atoms. The number of aromatic amines is 1. The molecule has 0 radical (unpaired) electrons. The van der Waals surface area contributed by atoms with Crippen LogP contribution in [0.5, 0.6) is 0 Å². The molecular formula is C27H30N4O2. The van der Waals surface area contributed by atoms with Gasteiger partial charge in [-0.2, -0.15) is 0 Å². The molecule has 0 atom stereocenters. The molecule has 0 saturated carbocycles. The van der Waals surface area contributed by atoms with Gasteiger partial charge in [-0.15, -0.1) is 0 Å². The summed E-state index contributed by atoms with van der Waals surface area (Å²) < 4.78 is 0. The number of piperidine rings is 2. The Labute approximate surface area is 194 Å². The van der Waals surface area contributed by atoms with Crippen LogP contribution in [0.3, 0.4) is 0 Å². The van der Waals surface area contributed by atoms with Gasteiger partial charge in [0.25, 0.3) is 0 Å². The lowest BCUT2D eigenvalue weighted by Gasteiger charge is -2.36. The number of fused-ring (bicyclic) bond motifs is 1. The Kier molecular flexibility index (Phi) is 6.24. The number of carbonyl (C=O) groups excluding carboxylic acids is 2. The molecule has 6 nitrogen and oxygen atoms in total. The first kappa shape index (κ1) is 21.4. The zero-order chi connectivity index (χ0) is 22.6. The van der Waals surface area contributed by atoms with Crippen molar-refractivity contribution in [1.82, 2.24) is 19.8 Å². The highest BCUT2D eigenvalue weighted by molar-refractivity contribution is 5.92. The van der Waals surface area contributed by atoms with Gasteiger partial charge >= 0.3 is 0 Å². The molecule has 2 saturated heterocycles. The number of carbonyl (C=O) groups is 2. The molecule has 0 spiro atoms. The molecule has 2 aliphatic heterocycles. The standard InChI is InChI=1S/C27H30N4O2/c32-25(11-10-20-6-2-1-3-7-20)30-16-14-22(15-17-30)27(33)31-18-12-21(13-19-31)26-28-23-8-4-5-9-24(23)29-26/h1-11,21-22H,12-19H2,(H,28,29)/b11-10+. The lowest BCUT2D eigenvalue weighted by Crippen LogP contribution is -2.46. The second-order valence-corrected chi connectivity index (χ2v) is 9.08. The normalized spacial score (nSPS) is 18.3. The minimum absolute atomic E-state index is 0.0231. The molecule has 5 rings (SSSR count). The van der Waals surface area contributed by atoms with E-state index in [1.165, 1.54) is 0 Å². The summed E-state index contributed by atoms with van der Waals surface area (Å²) in [5.41, 5.74) is 3.10. The maximum atomic E-state index is 13.1. The van der Waals surface area contributed by atoms with Crippen molar-refractivity contribution in [1.29, 1.82) is 0 Å². The smallest absolute Gasteiger partial charge is 0.246 e. The third-order valence-corrected chi connectivity index (χ3v) is 6.97. The van der Waals surface area contributed by atoms with Gasteiger partial charge in [0.15, 0.2) is 0 Å². The van der Waals surface area contributed by atoms with Gasteiger partial charge in [0.1, 0.15) is 5.82 Å². The number of imidazole rings is 1. The Morgan fingerprint density at radius 2 is 1.52 bits per heavy atom. The number of likely N-dealkylation sites (tertiary alicyclic amines) is 2. The van der Waals surface area contributed by atoms with Crippen molar-refractivity contribution in [3.8, 4) is 0 Å². The van der Waals surface area contributed by atoms with Crippen molar-refractivity contribution in [3.63, 3.8) is 0 Å². The van der Waals surface area contributed by atoms with E-state index in [2.05, 4.69) is 11.1 Å². The summed E-state index contributed by atoms with van der Waals surface area (Å²) in [6, 6.07) is 17.9. The van der Waals surface area contributed by atoms with Crippen LogP contribution in [0, 0.1) is 5.92 Å². The largest absolute Gasteiger partial charge is 0.342 e. The van der Waals surface area contributed by atoms with Crippen LogP contribution in [0.2, 0.25) is 0 Å². The molecule has 0 unspecified atom stereocenters. The average Bonchev–Trinajstić information content (AvgIpc) is 3.32. The van der Waals surface area contributed by atoms with E-state index in [0.29, 0.717) is 19.0 Å². The van der Waals surface area contributed by atoms with E-state index >= 15 is 0 Å². The van der Waals surface area contributed by atoms with E-state index in [1.54, 1.807) is 6.08 Å². The number of benzene rings is 2. The average molecular weight is 443 g/mol. The highest BCUT2D eigenvalue weighted by Gasteiger charge is 2.32. The molecule has 1 aromatic heterocycles. The number of hydrogen-bond donors (Lipinski definition) is 1. The number of hydrogen-bond acceptors (Lipinski definition) is 3. The van der Waals surface area contributed by atoms with Crippen molar-refractivity contribution in [2.24, 2.45) is 5.92 Å². The topological polar surface area (TPSA) is 69.3 Å². The van der Waals surface area contributed by atoms with Gasteiger partial charge in [-0.1, -0.05) is 42.5 Å². The molecule has 33 heavy (non-hydrogen) atoms. The summed E-state index contributed by atoms with van der Waals surface area (Å²) >= 11 is 0. The monoisotopic (exact) mass is 442 g/mol. The molecule has 6 heteroatoms. The summed E-state index contributed by atoms with van der Waals surface area (Å²) in [5, 5.41) is 0. The molecule has 3 heterocycles. The highest BCUT2D eigenvalue weighted by Crippen LogP contribution is 2.29. The van der Waals surface area contributed by atoms with E-state index in [0.717, 1.165) is 61.2 Å². The minimum atomic E-state index is 0.0231. The summed E-state index contributed by atoms with van der Waals surface area (Å²) in [7, 11) is 0. The first-order chi connectivity index (χ1) is 16.2. The van der Waals surface area contributed by atoms with Crippen LogP contribution in [0.25, 0.3) is 17.1 Å². The Hall–Kier alpha value is -3.41. The third kappa shape index (κ3) is 4.85. The fourth-order valence-corrected chi connectivity index (χ4v) is 4.98. The molecule has 2 aliphatic rings. The van der Waals surface area contributed by atoms with Crippen molar-refractivity contribution in [3.05, 3.63) is 72.1 Å². The van der Waals surface area contributed by atoms with Crippen LogP contribution in [0.15, 0.2) is 60.7 Å². The van der Waals surface area contributed by atoms with E-state index in [1.807, 2.05) is 64.4 Å². The number of nitrogens with zero attached hydrogens (tertiary/aromatic N) is 3. The molecule has 1 N–H and O–H groups in total. The molecule has 3 aromatic rings. The maximum absolute atomic E-state index is 13.1. The zero-order valence-electron chi connectivity index (χ0n) is 18.8. The number of rotatable bonds is 4. The van der Waals surface area contributed by atoms with Crippen LogP contribution in [0.4, 0.5) is 0 Å².